The summed E-state index contributed by atoms with van der Waals surface area (Å²) in [5.74, 6) is 0. The first kappa shape index (κ1) is 12.6. The SMILES string of the molecule is CN1CCOC(C(N)c2ccc3ccccc3c2)C1. The fourth-order valence-corrected chi connectivity index (χ4v) is 2.66. The average molecular weight is 256 g/mol. The van der Waals surface area contributed by atoms with Gasteiger partial charge in [0, 0.05) is 13.1 Å². The van der Waals surface area contributed by atoms with E-state index < -0.39 is 0 Å². The molecule has 100 valence electrons. The molecule has 2 aromatic rings. The van der Waals surface area contributed by atoms with Crippen LogP contribution < -0.4 is 5.73 Å². The number of morpholine rings is 1. The standard InChI is InChI=1S/C16H20N2O/c1-18-8-9-19-15(11-18)16(17)14-7-6-12-4-2-3-5-13(12)10-14/h2-7,10,15-16H,8-9,11,17H2,1H3. The van der Waals surface area contributed by atoms with Crippen LogP contribution in [0.3, 0.4) is 0 Å². The molecule has 0 bridgehead atoms. The molecule has 0 aliphatic carbocycles. The van der Waals surface area contributed by atoms with Crippen molar-refractivity contribution in [2.75, 3.05) is 26.7 Å². The van der Waals surface area contributed by atoms with Crippen LogP contribution in [0.25, 0.3) is 10.8 Å². The molecule has 0 aromatic heterocycles. The summed E-state index contributed by atoms with van der Waals surface area (Å²) in [7, 11) is 2.11. The van der Waals surface area contributed by atoms with Gasteiger partial charge in [-0.2, -0.15) is 0 Å². The quantitative estimate of drug-likeness (QED) is 0.895. The lowest BCUT2D eigenvalue weighted by molar-refractivity contribution is -0.0326. The number of likely N-dealkylation sites (N-methyl/N-ethyl adjacent to an activating group) is 1. The van der Waals surface area contributed by atoms with Gasteiger partial charge in [-0.25, -0.2) is 0 Å². The zero-order valence-corrected chi connectivity index (χ0v) is 11.3. The summed E-state index contributed by atoms with van der Waals surface area (Å²) < 4.78 is 5.81. The summed E-state index contributed by atoms with van der Waals surface area (Å²) in [4.78, 5) is 2.27. The molecule has 0 spiro atoms. The molecule has 3 rings (SSSR count). The number of hydrogen-bond acceptors (Lipinski definition) is 3. The molecule has 3 nitrogen and oxygen atoms in total. The number of fused-ring (bicyclic) bond motifs is 1. The lowest BCUT2D eigenvalue weighted by Gasteiger charge is -2.33. The third-order valence-corrected chi connectivity index (χ3v) is 3.86. The number of ether oxygens (including phenoxy) is 1. The van der Waals surface area contributed by atoms with Gasteiger partial charge in [0.05, 0.1) is 18.8 Å². The highest BCUT2D eigenvalue weighted by Crippen LogP contribution is 2.23. The Bertz CT molecular complexity index is 569. The molecular weight excluding hydrogens is 236 g/mol. The molecule has 1 fully saturated rings. The van der Waals surface area contributed by atoms with Crippen LogP contribution in [0, 0.1) is 0 Å². The number of hydrogen-bond donors (Lipinski definition) is 1. The van der Waals surface area contributed by atoms with Gasteiger partial charge in [0.25, 0.3) is 0 Å². The van der Waals surface area contributed by atoms with Crippen molar-refractivity contribution >= 4 is 10.8 Å². The molecule has 2 N–H and O–H groups in total. The monoisotopic (exact) mass is 256 g/mol. The van der Waals surface area contributed by atoms with E-state index in [1.807, 2.05) is 0 Å². The smallest absolute Gasteiger partial charge is 0.0894 e. The van der Waals surface area contributed by atoms with Crippen molar-refractivity contribution < 1.29 is 4.74 Å². The molecule has 0 saturated carbocycles. The van der Waals surface area contributed by atoms with Crippen molar-refractivity contribution in [2.24, 2.45) is 5.73 Å². The predicted octanol–water partition coefficient (Wildman–Crippen LogP) is 2.17. The van der Waals surface area contributed by atoms with E-state index in [0.29, 0.717) is 0 Å². The van der Waals surface area contributed by atoms with Crippen molar-refractivity contribution in [3.8, 4) is 0 Å². The minimum atomic E-state index is -0.0626. The fraction of sp³-hybridized carbons (Fsp3) is 0.375. The van der Waals surface area contributed by atoms with Crippen LogP contribution in [-0.2, 0) is 4.74 Å². The van der Waals surface area contributed by atoms with Crippen LogP contribution in [0.15, 0.2) is 42.5 Å². The summed E-state index contributed by atoms with van der Waals surface area (Å²) >= 11 is 0. The second-order valence-corrected chi connectivity index (χ2v) is 5.30. The Labute approximate surface area is 114 Å². The van der Waals surface area contributed by atoms with Crippen LogP contribution in [0.1, 0.15) is 11.6 Å². The van der Waals surface area contributed by atoms with Gasteiger partial charge in [-0.3, -0.25) is 0 Å². The number of nitrogens with zero attached hydrogens (tertiary/aromatic N) is 1. The largest absolute Gasteiger partial charge is 0.374 e. The van der Waals surface area contributed by atoms with E-state index in [9.17, 15) is 0 Å². The first-order chi connectivity index (χ1) is 9.24. The molecule has 0 radical (unpaired) electrons. The molecule has 1 aliphatic rings. The summed E-state index contributed by atoms with van der Waals surface area (Å²) in [5, 5.41) is 2.49. The molecule has 1 saturated heterocycles. The van der Waals surface area contributed by atoms with Gasteiger partial charge in [-0.15, -0.1) is 0 Å². The molecular formula is C16H20N2O. The maximum absolute atomic E-state index is 6.37. The van der Waals surface area contributed by atoms with Gasteiger partial charge in [0.15, 0.2) is 0 Å². The maximum atomic E-state index is 6.37. The van der Waals surface area contributed by atoms with E-state index in [-0.39, 0.29) is 12.1 Å². The third-order valence-electron chi connectivity index (χ3n) is 3.86. The van der Waals surface area contributed by atoms with Crippen molar-refractivity contribution in [2.45, 2.75) is 12.1 Å². The van der Waals surface area contributed by atoms with Gasteiger partial charge in [-0.05, 0) is 29.4 Å². The zero-order chi connectivity index (χ0) is 13.2. The minimum absolute atomic E-state index is 0.0626. The Hall–Kier alpha value is -1.42. The highest BCUT2D eigenvalue weighted by Gasteiger charge is 2.25. The number of benzene rings is 2. The van der Waals surface area contributed by atoms with Gasteiger partial charge in [0.1, 0.15) is 0 Å². The van der Waals surface area contributed by atoms with Crippen LogP contribution in [0.2, 0.25) is 0 Å². The minimum Gasteiger partial charge on any atom is -0.374 e. The van der Waals surface area contributed by atoms with Crippen LogP contribution in [-0.4, -0.2) is 37.7 Å². The van der Waals surface area contributed by atoms with E-state index in [4.69, 9.17) is 10.5 Å². The summed E-state index contributed by atoms with van der Waals surface area (Å²) in [6, 6.07) is 14.7. The number of nitrogens with two attached hydrogens (primary N) is 1. The van der Waals surface area contributed by atoms with Gasteiger partial charge >= 0.3 is 0 Å². The molecule has 2 aromatic carbocycles. The van der Waals surface area contributed by atoms with Crippen LogP contribution >= 0.6 is 0 Å². The van der Waals surface area contributed by atoms with Gasteiger partial charge in [-0.1, -0.05) is 36.4 Å². The van der Waals surface area contributed by atoms with Crippen molar-refractivity contribution in [3.05, 3.63) is 48.0 Å². The third kappa shape index (κ3) is 2.63. The maximum Gasteiger partial charge on any atom is 0.0894 e. The summed E-state index contributed by atoms with van der Waals surface area (Å²) in [5.41, 5.74) is 7.52. The highest BCUT2D eigenvalue weighted by molar-refractivity contribution is 5.83. The van der Waals surface area contributed by atoms with Crippen LogP contribution in [0.5, 0.6) is 0 Å². The van der Waals surface area contributed by atoms with E-state index in [1.54, 1.807) is 0 Å². The zero-order valence-electron chi connectivity index (χ0n) is 11.3. The van der Waals surface area contributed by atoms with Gasteiger partial charge < -0.3 is 15.4 Å². The predicted molar refractivity (Wildman–Crippen MR) is 78.1 cm³/mol. The molecule has 0 amide bonds. The van der Waals surface area contributed by atoms with E-state index in [2.05, 4.69) is 54.4 Å². The number of rotatable bonds is 2. The first-order valence-corrected chi connectivity index (χ1v) is 6.78. The summed E-state index contributed by atoms with van der Waals surface area (Å²) in [6.07, 6.45) is 0.0833. The Balaban J connectivity index is 1.86. The topological polar surface area (TPSA) is 38.5 Å². The molecule has 2 atom stereocenters. The first-order valence-electron chi connectivity index (χ1n) is 6.78. The van der Waals surface area contributed by atoms with Crippen LogP contribution in [0.4, 0.5) is 0 Å². The second-order valence-electron chi connectivity index (χ2n) is 5.30. The Kier molecular flexibility index (Phi) is 3.51. The fourth-order valence-electron chi connectivity index (χ4n) is 2.66. The molecule has 19 heavy (non-hydrogen) atoms. The molecule has 3 heteroatoms. The van der Waals surface area contributed by atoms with Gasteiger partial charge in [0.2, 0.25) is 0 Å². The molecule has 1 heterocycles. The average Bonchev–Trinajstić information content (AvgIpc) is 2.46. The van der Waals surface area contributed by atoms with E-state index in [0.717, 1.165) is 25.3 Å². The molecule has 2 unspecified atom stereocenters. The lowest BCUT2D eigenvalue weighted by atomic mass is 9.98. The Morgan fingerprint density at radius 3 is 2.79 bits per heavy atom. The van der Waals surface area contributed by atoms with Crippen molar-refractivity contribution in [3.63, 3.8) is 0 Å². The van der Waals surface area contributed by atoms with Crippen molar-refractivity contribution in [1.82, 2.24) is 4.90 Å². The Morgan fingerprint density at radius 1 is 1.21 bits per heavy atom. The summed E-state index contributed by atoms with van der Waals surface area (Å²) in [6.45, 7) is 2.65. The lowest BCUT2D eigenvalue weighted by Crippen LogP contribution is -2.45. The van der Waals surface area contributed by atoms with E-state index >= 15 is 0 Å². The highest BCUT2D eigenvalue weighted by atomic mass is 16.5. The molecule has 1 aliphatic heterocycles. The Morgan fingerprint density at radius 2 is 2.00 bits per heavy atom. The van der Waals surface area contributed by atoms with E-state index in [1.165, 1.54) is 10.8 Å². The second kappa shape index (κ2) is 5.29. The normalized spacial score (nSPS) is 22.5. The van der Waals surface area contributed by atoms with Crippen molar-refractivity contribution in [1.29, 1.82) is 0 Å².